The van der Waals surface area contributed by atoms with Crippen LogP contribution in [0, 0.1) is 11.8 Å². The number of hydrogen-bond acceptors (Lipinski definition) is 4. The number of hydrogen-bond donors (Lipinski definition) is 3. The van der Waals surface area contributed by atoms with Gasteiger partial charge in [-0.05, 0) is 18.3 Å². The second-order valence-electron chi connectivity index (χ2n) is 6.05. The lowest BCUT2D eigenvalue weighted by atomic mass is 10.0. The Kier molecular flexibility index (Phi) is 12.5. The van der Waals surface area contributed by atoms with Crippen LogP contribution >= 0.6 is 0 Å². The molecular weight excluding hydrogens is 254 g/mol. The van der Waals surface area contributed by atoms with Gasteiger partial charge in [-0.15, -0.1) is 0 Å². The van der Waals surface area contributed by atoms with Crippen molar-refractivity contribution in [2.75, 3.05) is 26.4 Å². The van der Waals surface area contributed by atoms with Crippen molar-refractivity contribution in [1.82, 2.24) is 5.32 Å². The molecule has 3 N–H and O–H groups in total. The Balaban J connectivity index is 3.73. The zero-order valence-corrected chi connectivity index (χ0v) is 13.8. The van der Waals surface area contributed by atoms with E-state index in [-0.39, 0.29) is 12.6 Å². The Morgan fingerprint density at radius 3 is 2.35 bits per heavy atom. The summed E-state index contributed by atoms with van der Waals surface area (Å²) in [5.74, 6) is 0.961. The summed E-state index contributed by atoms with van der Waals surface area (Å²) in [6.45, 7) is 10.2. The van der Waals surface area contributed by atoms with Crippen molar-refractivity contribution >= 4 is 0 Å². The van der Waals surface area contributed by atoms with E-state index in [2.05, 4.69) is 33.0 Å². The van der Waals surface area contributed by atoms with Gasteiger partial charge in [0, 0.05) is 19.2 Å². The first-order chi connectivity index (χ1) is 9.54. The first-order valence-electron chi connectivity index (χ1n) is 8.15. The van der Waals surface area contributed by atoms with Gasteiger partial charge in [-0.25, -0.2) is 0 Å². The monoisotopic (exact) mass is 289 g/mol. The molecule has 0 saturated carbocycles. The normalized spacial score (nSPS) is 16.4. The predicted octanol–water partition coefficient (Wildman–Crippen LogP) is 2.19. The molecule has 0 bridgehead atoms. The molecule has 4 nitrogen and oxygen atoms in total. The standard InChI is InChI=1S/C16H35NO3/c1-5-7-8-14(6-2)11-20-12-15(19)9-17-16(10-18)13(3)4/h13-19H,5-12H2,1-4H3. The molecule has 0 spiro atoms. The van der Waals surface area contributed by atoms with E-state index in [4.69, 9.17) is 4.74 Å². The molecular formula is C16H35NO3. The molecule has 3 unspecified atom stereocenters. The van der Waals surface area contributed by atoms with Gasteiger partial charge in [-0.2, -0.15) is 0 Å². The van der Waals surface area contributed by atoms with Crippen LogP contribution in [0.2, 0.25) is 0 Å². The van der Waals surface area contributed by atoms with Gasteiger partial charge in [0.05, 0.1) is 19.3 Å². The SMILES string of the molecule is CCCCC(CC)COCC(O)CNC(CO)C(C)C. The van der Waals surface area contributed by atoms with E-state index in [0.29, 0.717) is 25.0 Å². The van der Waals surface area contributed by atoms with E-state index in [9.17, 15) is 10.2 Å². The van der Waals surface area contributed by atoms with E-state index in [1.165, 1.54) is 19.3 Å². The fourth-order valence-electron chi connectivity index (χ4n) is 2.13. The highest BCUT2D eigenvalue weighted by Gasteiger charge is 2.14. The highest BCUT2D eigenvalue weighted by atomic mass is 16.5. The van der Waals surface area contributed by atoms with Crippen molar-refractivity contribution in [2.45, 2.75) is 65.5 Å². The zero-order chi connectivity index (χ0) is 15.4. The molecule has 4 heteroatoms. The number of nitrogens with one attached hydrogen (secondary N) is 1. The maximum Gasteiger partial charge on any atom is 0.0897 e. The average molecular weight is 289 g/mol. The fourth-order valence-corrected chi connectivity index (χ4v) is 2.13. The molecule has 0 saturated heterocycles. The Hall–Kier alpha value is -0.160. The summed E-state index contributed by atoms with van der Waals surface area (Å²) in [6, 6.07) is 0.0394. The van der Waals surface area contributed by atoms with Crippen LogP contribution in [0.3, 0.4) is 0 Å². The van der Waals surface area contributed by atoms with Gasteiger partial charge >= 0.3 is 0 Å². The van der Waals surface area contributed by atoms with Crippen LogP contribution in [0.4, 0.5) is 0 Å². The third-order valence-corrected chi connectivity index (χ3v) is 3.82. The predicted molar refractivity (Wildman–Crippen MR) is 83.8 cm³/mol. The smallest absolute Gasteiger partial charge is 0.0897 e. The molecule has 0 heterocycles. The van der Waals surface area contributed by atoms with Crippen molar-refractivity contribution in [3.63, 3.8) is 0 Å². The zero-order valence-electron chi connectivity index (χ0n) is 13.8. The van der Waals surface area contributed by atoms with Crippen LogP contribution in [-0.2, 0) is 4.74 Å². The van der Waals surface area contributed by atoms with Crippen molar-refractivity contribution in [3.05, 3.63) is 0 Å². The number of aliphatic hydroxyl groups excluding tert-OH is 2. The Morgan fingerprint density at radius 1 is 1.15 bits per heavy atom. The topological polar surface area (TPSA) is 61.7 Å². The second-order valence-corrected chi connectivity index (χ2v) is 6.05. The van der Waals surface area contributed by atoms with Gasteiger partial charge in [-0.1, -0.05) is 47.0 Å². The van der Waals surface area contributed by atoms with Gasteiger partial charge < -0.3 is 20.3 Å². The summed E-state index contributed by atoms with van der Waals surface area (Å²) < 4.78 is 5.62. The molecule has 0 aromatic rings. The molecule has 0 aliphatic rings. The van der Waals surface area contributed by atoms with Gasteiger partial charge in [0.2, 0.25) is 0 Å². The minimum absolute atomic E-state index is 0.0394. The largest absolute Gasteiger partial charge is 0.395 e. The van der Waals surface area contributed by atoms with E-state index in [1.807, 2.05) is 0 Å². The van der Waals surface area contributed by atoms with E-state index in [1.54, 1.807) is 0 Å². The molecule has 0 amide bonds. The third-order valence-electron chi connectivity index (χ3n) is 3.82. The van der Waals surface area contributed by atoms with Crippen LogP contribution in [0.5, 0.6) is 0 Å². The molecule has 3 atom stereocenters. The quantitative estimate of drug-likeness (QED) is 0.486. The molecule has 122 valence electrons. The Morgan fingerprint density at radius 2 is 1.85 bits per heavy atom. The lowest BCUT2D eigenvalue weighted by Gasteiger charge is -2.22. The third kappa shape index (κ3) is 9.70. The van der Waals surface area contributed by atoms with Crippen molar-refractivity contribution in [1.29, 1.82) is 0 Å². The maximum absolute atomic E-state index is 9.87. The molecule has 0 radical (unpaired) electrons. The van der Waals surface area contributed by atoms with E-state index in [0.717, 1.165) is 13.0 Å². The van der Waals surface area contributed by atoms with Crippen LogP contribution in [-0.4, -0.2) is 48.7 Å². The summed E-state index contributed by atoms with van der Waals surface area (Å²) in [6.07, 6.45) is 4.31. The van der Waals surface area contributed by atoms with Gasteiger partial charge in [-0.3, -0.25) is 0 Å². The molecule has 0 aliphatic heterocycles. The number of aliphatic hydroxyl groups is 2. The molecule has 0 rings (SSSR count). The van der Waals surface area contributed by atoms with Crippen LogP contribution in [0.1, 0.15) is 53.4 Å². The van der Waals surface area contributed by atoms with E-state index < -0.39 is 6.10 Å². The van der Waals surface area contributed by atoms with Gasteiger partial charge in [0.1, 0.15) is 0 Å². The molecule has 20 heavy (non-hydrogen) atoms. The van der Waals surface area contributed by atoms with Gasteiger partial charge in [0.15, 0.2) is 0 Å². The minimum atomic E-state index is -0.508. The van der Waals surface area contributed by atoms with Crippen molar-refractivity contribution in [2.24, 2.45) is 11.8 Å². The molecule has 0 aromatic heterocycles. The van der Waals surface area contributed by atoms with Crippen molar-refractivity contribution < 1.29 is 14.9 Å². The number of ether oxygens (including phenoxy) is 1. The van der Waals surface area contributed by atoms with Crippen LogP contribution in [0.15, 0.2) is 0 Å². The second kappa shape index (κ2) is 12.6. The molecule has 0 fully saturated rings. The average Bonchev–Trinajstić information content (AvgIpc) is 2.42. The van der Waals surface area contributed by atoms with Gasteiger partial charge in [0.25, 0.3) is 0 Å². The lowest BCUT2D eigenvalue weighted by Crippen LogP contribution is -2.42. The summed E-state index contributed by atoms with van der Waals surface area (Å²) in [5.41, 5.74) is 0. The van der Waals surface area contributed by atoms with Crippen LogP contribution in [0.25, 0.3) is 0 Å². The molecule has 0 aromatic carbocycles. The number of rotatable bonds is 13. The first-order valence-corrected chi connectivity index (χ1v) is 8.15. The lowest BCUT2D eigenvalue weighted by molar-refractivity contribution is 0.0166. The summed E-state index contributed by atoms with van der Waals surface area (Å²) >= 11 is 0. The summed E-state index contributed by atoms with van der Waals surface area (Å²) in [4.78, 5) is 0. The highest BCUT2D eigenvalue weighted by molar-refractivity contribution is 4.71. The Labute approximate surface area is 124 Å². The maximum atomic E-state index is 9.87. The first kappa shape index (κ1) is 19.8. The minimum Gasteiger partial charge on any atom is -0.395 e. The highest BCUT2D eigenvalue weighted by Crippen LogP contribution is 2.12. The molecule has 0 aliphatic carbocycles. The summed E-state index contributed by atoms with van der Waals surface area (Å²) in [7, 11) is 0. The number of unbranched alkanes of at least 4 members (excludes halogenated alkanes) is 1. The van der Waals surface area contributed by atoms with Crippen LogP contribution < -0.4 is 5.32 Å². The fraction of sp³-hybridized carbons (Fsp3) is 1.00. The summed E-state index contributed by atoms with van der Waals surface area (Å²) in [5, 5.41) is 22.2. The van der Waals surface area contributed by atoms with E-state index >= 15 is 0 Å². The van der Waals surface area contributed by atoms with Crippen molar-refractivity contribution in [3.8, 4) is 0 Å². The Bertz CT molecular complexity index is 212.